The van der Waals surface area contributed by atoms with Crippen molar-refractivity contribution in [3.63, 3.8) is 0 Å². The Labute approximate surface area is 792 Å². The minimum atomic E-state index is -1.83. The number of guanidine groups is 2. The van der Waals surface area contributed by atoms with Crippen molar-refractivity contribution in [2.75, 3.05) is 50.8 Å². The molecule has 0 spiro atoms. The third-order valence-electron chi connectivity index (χ3n) is 21.0. The van der Waals surface area contributed by atoms with Crippen LogP contribution in [0.1, 0.15) is 172 Å². The summed E-state index contributed by atoms with van der Waals surface area (Å²) >= 11 is 8.28. The molecule has 51 heteroatoms. The third-order valence-corrected chi connectivity index (χ3v) is 21.7. The lowest BCUT2D eigenvalue weighted by atomic mass is 10.00. The number of nitrogens with zero attached hydrogens (tertiary/aromatic N) is 1. The molecule has 3 rings (SSSR count). The molecule has 0 saturated carbocycles. The first-order valence-corrected chi connectivity index (χ1v) is 45.8. The van der Waals surface area contributed by atoms with Gasteiger partial charge in [0.05, 0.1) is 31.8 Å². The summed E-state index contributed by atoms with van der Waals surface area (Å²) in [5.74, 6) is -21.9. The first-order chi connectivity index (χ1) is 63.4. The molecule has 0 aliphatic carbocycles. The predicted octanol–water partition coefficient (Wildman–Crippen LogP) is -7.11. The number of carbonyl (C=O) groups excluding carboxylic acids is 18. The number of aromatic amines is 1. The lowest BCUT2D eigenvalue weighted by molar-refractivity contribution is -0.141. The maximum atomic E-state index is 15.0. The van der Waals surface area contributed by atoms with Crippen LogP contribution in [-0.2, 0) is 102 Å². The molecule has 754 valence electrons. The number of likely N-dealkylation sites (tertiary alicyclic amines) is 1. The fourth-order valence-electron chi connectivity index (χ4n) is 13.9. The zero-order valence-corrected chi connectivity index (χ0v) is 79.6. The molecule has 0 unspecified atom stereocenters. The third kappa shape index (κ3) is 43.0. The topological polar surface area (TPSA) is 789 Å². The van der Waals surface area contributed by atoms with Gasteiger partial charge in [0.15, 0.2) is 11.9 Å². The molecule has 2 aromatic rings. The van der Waals surface area contributed by atoms with Crippen LogP contribution >= 0.6 is 25.3 Å². The normalized spacial score (nSPS) is 15.7. The summed E-state index contributed by atoms with van der Waals surface area (Å²) in [6.07, 6.45) is -2.69. The van der Waals surface area contributed by atoms with Gasteiger partial charge in [-0.05, 0) is 133 Å². The highest BCUT2D eigenvalue weighted by molar-refractivity contribution is 7.80. The molecule has 1 aliphatic heterocycles. The highest BCUT2D eigenvalue weighted by Gasteiger charge is 2.41. The Morgan fingerprint density at radius 3 is 1.30 bits per heavy atom. The van der Waals surface area contributed by atoms with Crippen molar-refractivity contribution in [2.45, 2.75) is 269 Å². The van der Waals surface area contributed by atoms with Crippen LogP contribution in [-0.4, -0.2) is 303 Å². The number of aliphatic hydroxyl groups excluding tert-OH is 1. The molecule has 16 atom stereocenters. The van der Waals surface area contributed by atoms with Gasteiger partial charge in [-0.25, -0.2) is 0 Å². The predicted molar refractivity (Wildman–Crippen MR) is 499 cm³/mol. The number of hydrogen-bond acceptors (Lipinski definition) is 26. The summed E-state index contributed by atoms with van der Waals surface area (Å²) < 4.78 is 0. The van der Waals surface area contributed by atoms with Crippen LogP contribution in [0.25, 0.3) is 10.9 Å². The summed E-state index contributed by atoms with van der Waals surface area (Å²) in [6.45, 7) is 15.3. The monoisotopic (exact) mass is 1940 g/mol. The summed E-state index contributed by atoms with van der Waals surface area (Å²) in [7, 11) is 0. The van der Waals surface area contributed by atoms with E-state index in [1.165, 1.54) is 13.8 Å². The number of aromatic nitrogens is 1. The van der Waals surface area contributed by atoms with E-state index in [0.29, 0.717) is 16.5 Å². The second kappa shape index (κ2) is 59.1. The Balaban J connectivity index is 1.91. The molecule has 18 amide bonds. The van der Waals surface area contributed by atoms with Crippen molar-refractivity contribution in [1.82, 2.24) is 106 Å². The number of rotatable bonds is 61. The van der Waals surface area contributed by atoms with Gasteiger partial charge >= 0.3 is 11.9 Å². The van der Waals surface area contributed by atoms with E-state index >= 15 is 4.79 Å². The quantitative estimate of drug-likeness (QED) is 0.0127. The number of benzene rings is 1. The van der Waals surface area contributed by atoms with Gasteiger partial charge in [0, 0.05) is 67.5 Å². The highest BCUT2D eigenvalue weighted by atomic mass is 32.1. The van der Waals surface area contributed by atoms with Gasteiger partial charge in [0.1, 0.15) is 84.6 Å². The van der Waals surface area contributed by atoms with Gasteiger partial charge in [-0.3, -0.25) is 107 Å². The van der Waals surface area contributed by atoms with Crippen molar-refractivity contribution < 1.29 is 111 Å². The molecule has 1 saturated heterocycles. The molecule has 2 heterocycles. The summed E-state index contributed by atoms with van der Waals surface area (Å²) in [6, 6.07) is -15.2. The van der Waals surface area contributed by atoms with Crippen molar-refractivity contribution in [3.05, 3.63) is 36.0 Å². The van der Waals surface area contributed by atoms with Gasteiger partial charge in [0.2, 0.25) is 106 Å². The van der Waals surface area contributed by atoms with Crippen molar-refractivity contribution in [3.8, 4) is 0 Å². The zero-order chi connectivity index (χ0) is 102. The van der Waals surface area contributed by atoms with E-state index in [0.717, 1.165) is 11.8 Å². The maximum Gasteiger partial charge on any atom is 0.325 e. The first kappa shape index (κ1) is 116. The summed E-state index contributed by atoms with van der Waals surface area (Å²) in [5, 5.41) is 91.2. The molecular formula is C84H138N26O23S2. The Morgan fingerprint density at radius 1 is 0.444 bits per heavy atom. The van der Waals surface area contributed by atoms with Gasteiger partial charge in [-0.15, -0.1) is 0 Å². The van der Waals surface area contributed by atoms with Crippen LogP contribution in [0.3, 0.4) is 0 Å². The van der Waals surface area contributed by atoms with Crippen LogP contribution in [0.2, 0.25) is 0 Å². The van der Waals surface area contributed by atoms with Crippen molar-refractivity contribution in [2.24, 2.45) is 46.6 Å². The second-order valence-electron chi connectivity index (χ2n) is 34.6. The number of para-hydroxylation sites is 1. The van der Waals surface area contributed by atoms with E-state index in [4.69, 9.17) is 33.8 Å². The Kier molecular flexibility index (Phi) is 51.0. The number of amides is 18. The smallest absolute Gasteiger partial charge is 0.325 e. The number of carboxylic acids is 2. The van der Waals surface area contributed by atoms with E-state index in [2.05, 4.69) is 126 Å². The largest absolute Gasteiger partial charge is 0.481 e. The Hall–Kier alpha value is -12.7. The molecule has 32 N–H and O–H groups in total. The number of thiol groups is 2. The molecule has 1 aliphatic rings. The average Bonchev–Trinajstić information content (AvgIpc) is 1.68. The SMILES string of the molecule is CC(C)C[C@H](NC(=O)[C@H](CCCNC(=N)N)NC(=O)[C@H](CS)NC(=O)[C@H](C)NC(=O)[C@H](CC(C)C)NC(=O)[C@H](Cc1c[nH]c2ccccc12)NC(=O)[C@H](CCC(=O)O)NC(=O)[C@H](CCCNC(=N)N)NC(=O)[C@H](CC(C)C)NC(=O)[C@@H](NC(=O)[C@@H]1CCCN1C(=O)CNC(=O)CNC(=O)[C@H](CC(C)C)NC(=O)[C@H](CCC(N)=O)NC(=O)[C@@H](N)CS)[C@@H](C)O)C(=O)NCC(=O)N[C@@H](C)C(=O)O. The number of carbonyl (C=O) groups is 20. The lowest BCUT2D eigenvalue weighted by Crippen LogP contribution is -2.61. The summed E-state index contributed by atoms with van der Waals surface area (Å²) in [4.78, 5) is 277. The number of fused-ring (bicyclic) bond motifs is 1. The van der Waals surface area contributed by atoms with Crippen LogP contribution in [0.5, 0.6) is 0 Å². The number of aliphatic carboxylic acids is 2. The van der Waals surface area contributed by atoms with Gasteiger partial charge < -0.3 is 144 Å². The molecule has 1 aromatic carbocycles. The number of nitrogens with two attached hydrogens (primary N) is 4. The Morgan fingerprint density at radius 2 is 0.852 bits per heavy atom. The number of nitrogens with one attached hydrogen (secondary N) is 21. The average molecular weight is 1940 g/mol. The fraction of sp³-hybridized carbons (Fsp3) is 0.643. The van der Waals surface area contributed by atoms with Gasteiger partial charge in [0.25, 0.3) is 0 Å². The number of H-pyrrole nitrogens is 1. The van der Waals surface area contributed by atoms with Crippen molar-refractivity contribution >= 4 is 166 Å². The minimum absolute atomic E-state index is 0.00927. The van der Waals surface area contributed by atoms with Crippen LogP contribution < -0.4 is 119 Å². The van der Waals surface area contributed by atoms with E-state index < -0.39 is 271 Å². The molecule has 1 aromatic heterocycles. The van der Waals surface area contributed by atoms with E-state index in [-0.39, 0.29) is 127 Å². The van der Waals surface area contributed by atoms with E-state index in [1.54, 1.807) is 85.9 Å². The van der Waals surface area contributed by atoms with Gasteiger partial charge in [-0.1, -0.05) is 73.6 Å². The van der Waals surface area contributed by atoms with Crippen LogP contribution in [0.4, 0.5) is 0 Å². The first-order valence-electron chi connectivity index (χ1n) is 44.5. The molecule has 49 nitrogen and oxygen atoms in total. The standard InChI is InChI=1S/C84H138N26O23S2/c1-40(2)29-55(104-74(124)53(22-24-62(86)112)99-69(119)49(85)38-134)70(120)95-35-63(113)94-37-65(115)110-28-16-21-61(110)80(130)109-67(46(11)111)81(131)107-58(32-43(7)8)77(127)100-51(19-14-26-91-83(87)88)72(122)102-54(23-25-66(116)117)75(125)106-59(33-47-34-93-50-18-13-12-17-48(47)50)78(128)105-57(31-42(5)6)76(126)98-44(9)68(118)108-60(39-135)79(129)101-52(20-15-27-92-84(89)90)73(123)103-56(30-41(3)4)71(121)96-36-64(114)97-45(10)82(132)133/h12-13,17-18,34,40-46,49,51-61,67,93,111,134-135H,14-16,19-33,35-39,85H2,1-11H3,(H2,86,112)(H,94,113)(H,95,120)(H,96,121)(H,97,114)(H,98,126)(H,99,119)(H,100,127)(H,101,129)(H,102,122)(H,103,123)(H,104,124)(H,105,128)(H,106,125)(H,107,131)(H,108,118)(H,109,130)(H,116,117)(H,132,133)(H4,87,88,91)(H4,89,90,92)/t44-,45-,46+,49-,51-,52-,53-,54-,55-,56-,57-,58-,59-,60-,61-,67-/m0/s1. The molecule has 0 radical (unpaired) electrons. The van der Waals surface area contributed by atoms with E-state index in [9.17, 15) is 106 Å². The van der Waals surface area contributed by atoms with Crippen LogP contribution in [0, 0.1) is 34.5 Å². The number of primary amides is 1. The highest BCUT2D eigenvalue weighted by Crippen LogP contribution is 2.22. The lowest BCUT2D eigenvalue weighted by Gasteiger charge is -2.30. The molecule has 135 heavy (non-hydrogen) atoms. The van der Waals surface area contributed by atoms with E-state index in [1.807, 2.05) is 0 Å². The number of aliphatic hydroxyl groups is 1. The minimum Gasteiger partial charge on any atom is -0.481 e. The molecular weight excluding hydrogens is 1810 g/mol. The van der Waals surface area contributed by atoms with Crippen LogP contribution in [0.15, 0.2) is 30.5 Å². The summed E-state index contributed by atoms with van der Waals surface area (Å²) in [5.41, 5.74) is 23.1. The second-order valence-corrected chi connectivity index (χ2v) is 35.3. The molecule has 0 bridgehead atoms. The number of carboxylic acid groups (broad SMARTS) is 2. The zero-order valence-electron chi connectivity index (χ0n) is 77.9. The molecule has 1 fully saturated rings. The Bertz CT molecular complexity index is 4460. The maximum absolute atomic E-state index is 15.0. The fourth-order valence-corrected chi connectivity index (χ4v) is 14.3. The number of hydrogen-bond donors (Lipinski definition) is 30. The van der Waals surface area contributed by atoms with Gasteiger partial charge in [-0.2, -0.15) is 25.3 Å². The van der Waals surface area contributed by atoms with Crippen molar-refractivity contribution in [1.29, 1.82) is 10.8 Å².